The van der Waals surface area contributed by atoms with E-state index in [0.29, 0.717) is 35.7 Å². The number of aromatic nitrogens is 5. The van der Waals surface area contributed by atoms with Crippen molar-refractivity contribution in [3.8, 4) is 0 Å². The van der Waals surface area contributed by atoms with Crippen LogP contribution in [0.25, 0.3) is 22.1 Å². The van der Waals surface area contributed by atoms with Crippen molar-refractivity contribution in [3.05, 3.63) is 47.1 Å². The molecule has 1 spiro atoms. The van der Waals surface area contributed by atoms with Gasteiger partial charge in [-0.3, -0.25) is 4.90 Å². The molecule has 3 heterocycles. The van der Waals surface area contributed by atoms with Crippen LogP contribution < -0.4 is 5.32 Å². The van der Waals surface area contributed by atoms with E-state index >= 15 is 0 Å². The van der Waals surface area contributed by atoms with Crippen molar-refractivity contribution in [2.75, 3.05) is 11.9 Å². The van der Waals surface area contributed by atoms with E-state index < -0.39 is 23.9 Å². The van der Waals surface area contributed by atoms with Crippen LogP contribution in [0.5, 0.6) is 0 Å². The van der Waals surface area contributed by atoms with Crippen LogP contribution in [0.3, 0.4) is 0 Å². The summed E-state index contributed by atoms with van der Waals surface area (Å²) >= 11 is 5.86. The quantitative estimate of drug-likeness (QED) is 0.166. The number of anilines is 1. The minimum Gasteiger partial charge on any atom is -0.390 e. The highest BCUT2D eigenvalue weighted by atomic mass is 35.5. The number of rotatable bonds is 10. The van der Waals surface area contributed by atoms with Gasteiger partial charge in [-0.2, -0.15) is 13.2 Å². The first-order valence-corrected chi connectivity index (χ1v) is 15.8. The van der Waals surface area contributed by atoms with Gasteiger partial charge in [0.15, 0.2) is 0 Å². The minimum absolute atomic E-state index is 0.148. The molecule has 0 saturated heterocycles. The molecular weight excluding hydrogens is 595 g/mol. The second-order valence-electron chi connectivity index (χ2n) is 13.1. The average molecular weight is 632 g/mol. The lowest BCUT2D eigenvalue weighted by Gasteiger charge is -2.30. The first kappa shape index (κ1) is 29.8. The van der Waals surface area contributed by atoms with E-state index in [1.807, 2.05) is 16.8 Å². The second-order valence-corrected chi connectivity index (χ2v) is 13.5. The number of unbranched alkanes of at least 4 members (excludes halogenated alkanes) is 1. The SMILES string of the molecule is CC(C)N(CCCCc1nc2cc(Cl)c(C(F)(F)F)cc2[nH]1)C1CC12C[C@@H](n1ccc3c(NC4CC4)ncnc31)[C@H](O)[C@@H]2O. The molecule has 3 aromatic heterocycles. The molecule has 44 heavy (non-hydrogen) atoms. The molecule has 0 aliphatic heterocycles. The van der Waals surface area contributed by atoms with Gasteiger partial charge in [-0.25, -0.2) is 15.0 Å². The number of aromatic amines is 1. The van der Waals surface area contributed by atoms with Crippen LogP contribution in [0.2, 0.25) is 5.02 Å². The third kappa shape index (κ3) is 5.23. The van der Waals surface area contributed by atoms with Gasteiger partial charge in [0.1, 0.15) is 29.7 Å². The lowest BCUT2D eigenvalue weighted by Crippen LogP contribution is -2.40. The van der Waals surface area contributed by atoms with Gasteiger partial charge in [-0.05, 0) is 77.1 Å². The van der Waals surface area contributed by atoms with E-state index in [1.54, 1.807) is 6.33 Å². The highest BCUT2D eigenvalue weighted by molar-refractivity contribution is 6.32. The monoisotopic (exact) mass is 631 g/mol. The van der Waals surface area contributed by atoms with Crippen molar-refractivity contribution >= 4 is 39.5 Å². The number of H-pyrrole nitrogens is 1. The highest BCUT2D eigenvalue weighted by Gasteiger charge is 2.68. The molecule has 1 aromatic carbocycles. The molecule has 5 atom stereocenters. The molecular formula is C31H37ClF3N7O2. The summed E-state index contributed by atoms with van der Waals surface area (Å²) in [4.78, 5) is 18.9. The predicted molar refractivity (Wildman–Crippen MR) is 162 cm³/mol. The largest absolute Gasteiger partial charge is 0.417 e. The van der Waals surface area contributed by atoms with Gasteiger partial charge in [-0.15, -0.1) is 0 Å². The molecule has 4 aromatic rings. The summed E-state index contributed by atoms with van der Waals surface area (Å²) in [6, 6.07) is 4.82. The van der Waals surface area contributed by atoms with Gasteiger partial charge in [-0.1, -0.05) is 11.6 Å². The van der Waals surface area contributed by atoms with Crippen molar-refractivity contribution in [3.63, 3.8) is 0 Å². The molecule has 13 heteroatoms. The first-order chi connectivity index (χ1) is 21.0. The van der Waals surface area contributed by atoms with E-state index in [1.165, 1.54) is 6.07 Å². The number of halogens is 4. The maximum absolute atomic E-state index is 13.2. The van der Waals surface area contributed by atoms with Crippen LogP contribution in [0.15, 0.2) is 30.7 Å². The van der Waals surface area contributed by atoms with E-state index in [9.17, 15) is 23.4 Å². The Balaban J connectivity index is 1.00. The van der Waals surface area contributed by atoms with Crippen molar-refractivity contribution in [2.45, 2.75) is 101 Å². The molecule has 0 bridgehead atoms. The summed E-state index contributed by atoms with van der Waals surface area (Å²) in [6.07, 6.45) is 3.22. The Morgan fingerprint density at radius 3 is 2.70 bits per heavy atom. The Morgan fingerprint density at radius 1 is 1.18 bits per heavy atom. The molecule has 3 saturated carbocycles. The topological polar surface area (TPSA) is 115 Å². The second kappa shape index (κ2) is 10.9. The van der Waals surface area contributed by atoms with E-state index in [-0.39, 0.29) is 28.6 Å². The molecule has 4 N–H and O–H groups in total. The van der Waals surface area contributed by atoms with Crippen LogP contribution in [0.1, 0.15) is 69.8 Å². The van der Waals surface area contributed by atoms with Gasteiger partial charge >= 0.3 is 6.18 Å². The summed E-state index contributed by atoms with van der Waals surface area (Å²) in [5.41, 5.74) is 0.240. The minimum atomic E-state index is -4.53. The molecule has 7 rings (SSSR count). The standard InChI is InChI=1S/C31H37ClF3N7O2/c1-16(2)41(9-4-3-5-25-39-21-11-19(31(33,34)35)20(32)12-22(21)40-25)24-14-30(24)13-23(26(43)27(30)44)42-10-8-18-28(38-17-6-7-17)36-15-37-29(18)42/h8,10-12,15-17,23-24,26-27,43-44H,3-7,9,13-14H2,1-2H3,(H,39,40)(H,36,37,38)/t23-,24?,26+,27+,30?/m1/s1. The zero-order valence-electron chi connectivity index (χ0n) is 24.7. The van der Waals surface area contributed by atoms with Crippen LogP contribution in [-0.2, 0) is 12.6 Å². The highest BCUT2D eigenvalue weighted by Crippen LogP contribution is 2.63. The van der Waals surface area contributed by atoms with Crippen LogP contribution >= 0.6 is 11.6 Å². The number of nitrogens with zero attached hydrogens (tertiary/aromatic N) is 5. The molecule has 0 amide bonds. The summed E-state index contributed by atoms with van der Waals surface area (Å²) in [7, 11) is 0. The van der Waals surface area contributed by atoms with Crippen molar-refractivity contribution in [1.29, 1.82) is 0 Å². The summed E-state index contributed by atoms with van der Waals surface area (Å²) in [6.45, 7) is 5.10. The Kier molecular flexibility index (Phi) is 7.34. The number of alkyl halides is 3. The molecule has 2 unspecified atom stereocenters. The van der Waals surface area contributed by atoms with Crippen LogP contribution in [-0.4, -0.2) is 76.5 Å². The normalized spacial score (nSPS) is 27.0. The van der Waals surface area contributed by atoms with Crippen molar-refractivity contribution in [2.24, 2.45) is 5.41 Å². The predicted octanol–water partition coefficient (Wildman–Crippen LogP) is 5.71. The zero-order chi connectivity index (χ0) is 31.0. The summed E-state index contributed by atoms with van der Waals surface area (Å²) < 4.78 is 41.7. The number of aliphatic hydroxyl groups is 2. The van der Waals surface area contributed by atoms with Crippen molar-refractivity contribution < 1.29 is 23.4 Å². The number of aryl methyl sites for hydroxylation is 1. The van der Waals surface area contributed by atoms with Gasteiger partial charge in [0.25, 0.3) is 0 Å². The number of imidazole rings is 1. The summed E-state index contributed by atoms with van der Waals surface area (Å²) in [5.74, 6) is 1.44. The smallest absolute Gasteiger partial charge is 0.390 e. The maximum atomic E-state index is 13.2. The number of hydrogen-bond donors (Lipinski definition) is 4. The van der Waals surface area contributed by atoms with Gasteiger partial charge in [0, 0.05) is 36.2 Å². The summed E-state index contributed by atoms with van der Waals surface area (Å²) in [5, 5.41) is 26.7. The molecule has 0 radical (unpaired) electrons. The van der Waals surface area contributed by atoms with Crippen LogP contribution in [0.4, 0.5) is 19.0 Å². The Morgan fingerprint density at radius 2 is 1.98 bits per heavy atom. The van der Waals surface area contributed by atoms with Gasteiger partial charge < -0.3 is 25.1 Å². The molecule has 3 aliphatic rings. The number of aliphatic hydroxyl groups excluding tert-OH is 2. The van der Waals surface area contributed by atoms with Crippen LogP contribution in [0, 0.1) is 5.41 Å². The lowest BCUT2D eigenvalue weighted by atomic mass is 10.00. The first-order valence-electron chi connectivity index (χ1n) is 15.4. The number of benzene rings is 1. The fourth-order valence-electron chi connectivity index (χ4n) is 7.29. The number of hydrogen-bond acceptors (Lipinski definition) is 7. The van der Waals surface area contributed by atoms with Gasteiger partial charge in [0.05, 0.1) is 39.2 Å². The average Bonchev–Trinajstić information content (AvgIpc) is 3.80. The maximum Gasteiger partial charge on any atom is 0.417 e. The Labute approximate surface area is 257 Å². The molecule has 3 aliphatic carbocycles. The number of fused-ring (bicyclic) bond motifs is 2. The molecule has 236 valence electrons. The van der Waals surface area contributed by atoms with Gasteiger partial charge in [0.2, 0.25) is 0 Å². The Hall–Kier alpha value is -2.93. The third-order valence-electron chi connectivity index (χ3n) is 9.83. The third-order valence-corrected chi connectivity index (χ3v) is 10.1. The fourth-order valence-corrected chi connectivity index (χ4v) is 7.55. The van der Waals surface area contributed by atoms with E-state index in [4.69, 9.17) is 11.6 Å². The fraction of sp³-hybridized carbons (Fsp3) is 0.581. The molecule has 9 nitrogen and oxygen atoms in total. The van der Waals surface area contributed by atoms with Crippen molar-refractivity contribution in [1.82, 2.24) is 29.4 Å². The zero-order valence-corrected chi connectivity index (χ0v) is 25.4. The molecule has 3 fully saturated rings. The Bertz CT molecular complexity index is 1690. The number of nitrogens with one attached hydrogen (secondary N) is 2. The van der Waals surface area contributed by atoms with E-state index in [2.05, 4.69) is 44.0 Å². The van der Waals surface area contributed by atoms with E-state index in [0.717, 1.165) is 61.6 Å². The lowest BCUT2D eigenvalue weighted by molar-refractivity contribution is -0.137.